The molecule has 7 nitrogen and oxygen atoms in total. The molecule has 5 rings (SSSR count). The number of nitrogens with zero attached hydrogens (tertiary/aromatic N) is 1. The predicted molar refractivity (Wildman–Crippen MR) is 141 cm³/mol. The van der Waals surface area contributed by atoms with Crippen molar-refractivity contribution in [3.8, 4) is 11.5 Å². The van der Waals surface area contributed by atoms with Gasteiger partial charge in [0.2, 0.25) is 0 Å². The number of hydrogen-bond acceptors (Lipinski definition) is 7. The number of fused-ring (bicyclic) bond motifs is 1. The van der Waals surface area contributed by atoms with Gasteiger partial charge in [0.15, 0.2) is 10.9 Å². The van der Waals surface area contributed by atoms with Crippen LogP contribution in [-0.4, -0.2) is 30.9 Å². The highest BCUT2D eigenvalue weighted by atomic mass is 32.1. The summed E-state index contributed by atoms with van der Waals surface area (Å²) in [5.74, 6) is 0.348. The first-order valence-electron chi connectivity index (χ1n) is 11.8. The van der Waals surface area contributed by atoms with E-state index in [0.717, 1.165) is 21.5 Å². The van der Waals surface area contributed by atoms with Crippen LogP contribution in [0.5, 0.6) is 11.5 Å². The van der Waals surface area contributed by atoms with Crippen molar-refractivity contribution in [2.75, 3.05) is 19.5 Å². The molecule has 1 aliphatic heterocycles. The Balaban J connectivity index is 1.62. The molecule has 186 valence electrons. The number of para-hydroxylation sites is 1. The van der Waals surface area contributed by atoms with Gasteiger partial charge in [-0.05, 0) is 37.0 Å². The molecule has 3 aromatic rings. The van der Waals surface area contributed by atoms with Crippen molar-refractivity contribution in [3.05, 3.63) is 70.6 Å². The first kappa shape index (κ1) is 24.1. The van der Waals surface area contributed by atoms with Gasteiger partial charge >= 0.3 is 0 Å². The van der Waals surface area contributed by atoms with Crippen LogP contribution in [0.25, 0.3) is 10.2 Å². The molecule has 0 radical (unpaired) electrons. The lowest BCUT2D eigenvalue weighted by Crippen LogP contribution is -2.39. The Morgan fingerprint density at radius 1 is 1.14 bits per heavy atom. The molecular weight excluding hydrogens is 474 g/mol. The van der Waals surface area contributed by atoms with Crippen molar-refractivity contribution in [2.45, 2.75) is 39.5 Å². The van der Waals surface area contributed by atoms with Gasteiger partial charge in [0.1, 0.15) is 11.5 Å². The third-order valence-electron chi connectivity index (χ3n) is 6.75. The Bertz CT molecular complexity index is 1420. The van der Waals surface area contributed by atoms with Gasteiger partial charge in [0, 0.05) is 40.6 Å². The number of Topliss-reactive ketones (excluding diaryl/α,β-unsaturated/α-hetero) is 1. The second-order valence-corrected chi connectivity index (χ2v) is 11.0. The normalized spacial score (nSPS) is 19.1. The fraction of sp³-hybridized carbons (Fsp3) is 0.321. The van der Waals surface area contributed by atoms with Gasteiger partial charge in [0.05, 0.1) is 30.4 Å². The highest BCUT2D eigenvalue weighted by Crippen LogP contribution is 2.49. The Hall–Kier alpha value is -3.65. The highest BCUT2D eigenvalue weighted by molar-refractivity contribution is 7.22. The number of nitrogens with one attached hydrogen (secondary N) is 2. The van der Waals surface area contributed by atoms with E-state index in [-0.39, 0.29) is 17.1 Å². The lowest BCUT2D eigenvalue weighted by atomic mass is 9.68. The zero-order valence-electron chi connectivity index (χ0n) is 21.0. The minimum absolute atomic E-state index is 0.0365. The van der Waals surface area contributed by atoms with Crippen LogP contribution in [0.1, 0.15) is 45.1 Å². The number of hydrogen-bond donors (Lipinski definition) is 2. The minimum atomic E-state index is -0.583. The van der Waals surface area contributed by atoms with Gasteiger partial charge < -0.3 is 14.8 Å². The highest BCUT2D eigenvalue weighted by Gasteiger charge is 2.43. The lowest BCUT2D eigenvalue weighted by molar-refractivity contribution is -0.118. The van der Waals surface area contributed by atoms with Gasteiger partial charge in [-0.25, -0.2) is 4.98 Å². The number of benzene rings is 2. The third kappa shape index (κ3) is 4.26. The average Bonchev–Trinajstić information content (AvgIpc) is 3.24. The van der Waals surface area contributed by atoms with Crippen molar-refractivity contribution in [1.82, 2.24) is 10.3 Å². The number of ether oxygens (including phenoxy) is 2. The van der Waals surface area contributed by atoms with Crippen LogP contribution < -0.4 is 20.1 Å². The molecule has 8 heteroatoms. The quantitative estimate of drug-likeness (QED) is 0.474. The van der Waals surface area contributed by atoms with Crippen LogP contribution in [0, 0.1) is 5.41 Å². The van der Waals surface area contributed by atoms with Crippen LogP contribution in [0.3, 0.4) is 0 Å². The first-order chi connectivity index (χ1) is 17.2. The van der Waals surface area contributed by atoms with E-state index in [2.05, 4.69) is 29.5 Å². The topological polar surface area (TPSA) is 89.5 Å². The molecule has 1 atom stereocenters. The molecule has 1 aromatic heterocycles. The molecule has 2 aliphatic rings. The molecule has 1 unspecified atom stereocenters. The van der Waals surface area contributed by atoms with E-state index in [1.54, 1.807) is 20.3 Å². The molecule has 0 bridgehead atoms. The van der Waals surface area contributed by atoms with Crippen molar-refractivity contribution in [3.63, 3.8) is 0 Å². The van der Waals surface area contributed by atoms with Crippen molar-refractivity contribution in [1.29, 1.82) is 0 Å². The van der Waals surface area contributed by atoms with Crippen molar-refractivity contribution < 1.29 is 19.1 Å². The summed E-state index contributed by atoms with van der Waals surface area (Å²) in [7, 11) is 3.17. The average molecular weight is 504 g/mol. The molecule has 36 heavy (non-hydrogen) atoms. The van der Waals surface area contributed by atoms with Crippen LogP contribution in [0.15, 0.2) is 65.0 Å². The maximum absolute atomic E-state index is 13.8. The van der Waals surface area contributed by atoms with Gasteiger partial charge in [-0.3, -0.25) is 14.9 Å². The Kier molecular flexibility index (Phi) is 6.08. The molecule has 2 N–H and O–H groups in total. The van der Waals surface area contributed by atoms with E-state index < -0.39 is 5.92 Å². The van der Waals surface area contributed by atoms with E-state index >= 15 is 0 Å². The maximum Gasteiger partial charge on any atom is 0.256 e. The zero-order chi connectivity index (χ0) is 25.6. The smallest absolute Gasteiger partial charge is 0.256 e. The van der Waals surface area contributed by atoms with Crippen LogP contribution in [-0.2, 0) is 9.59 Å². The molecule has 1 aliphatic carbocycles. The number of anilines is 1. The summed E-state index contributed by atoms with van der Waals surface area (Å²) in [4.78, 5) is 32.0. The van der Waals surface area contributed by atoms with E-state index in [9.17, 15) is 9.59 Å². The maximum atomic E-state index is 13.8. The van der Waals surface area contributed by atoms with Crippen molar-refractivity contribution >= 4 is 38.4 Å². The Morgan fingerprint density at radius 3 is 2.64 bits per heavy atom. The molecule has 0 fully saturated rings. The first-order valence-corrected chi connectivity index (χ1v) is 12.7. The summed E-state index contributed by atoms with van der Waals surface area (Å²) in [6, 6.07) is 13.2. The molecule has 0 saturated heterocycles. The summed E-state index contributed by atoms with van der Waals surface area (Å²) in [5, 5.41) is 6.90. The van der Waals surface area contributed by atoms with Crippen LogP contribution in [0.2, 0.25) is 0 Å². The fourth-order valence-electron chi connectivity index (χ4n) is 5.20. The molecule has 2 heterocycles. The summed E-state index contributed by atoms with van der Waals surface area (Å²) in [5.41, 5.74) is 4.08. The Labute approximate surface area is 214 Å². The van der Waals surface area contributed by atoms with E-state index in [0.29, 0.717) is 46.3 Å². The molecular formula is C28H29N3O4S. The largest absolute Gasteiger partial charge is 0.497 e. The van der Waals surface area contributed by atoms with Crippen molar-refractivity contribution in [2.24, 2.45) is 5.41 Å². The number of thiazole rings is 1. The third-order valence-corrected chi connectivity index (χ3v) is 7.70. The minimum Gasteiger partial charge on any atom is -0.497 e. The zero-order valence-corrected chi connectivity index (χ0v) is 21.8. The van der Waals surface area contributed by atoms with Gasteiger partial charge in [-0.1, -0.05) is 43.4 Å². The van der Waals surface area contributed by atoms with E-state index in [1.807, 2.05) is 43.3 Å². The number of rotatable bonds is 5. The summed E-state index contributed by atoms with van der Waals surface area (Å²) in [6.45, 7) is 6.06. The van der Waals surface area contributed by atoms with Gasteiger partial charge in [0.25, 0.3) is 5.91 Å². The number of aromatic nitrogens is 1. The number of allylic oxidation sites excluding steroid dienone is 3. The standard InChI is InChI=1S/C28H29N3O4S/c1-15-23(26(33)31-27-30-18-8-6-7-9-22(18)36-27)24(17-11-10-16(34-4)12-21(17)35-5)25-19(29-15)13-28(2,3)14-20(25)32/h6-12,24,29H,13-14H2,1-5H3,(H,30,31,33). The number of carbonyl (C=O) groups is 2. The second kappa shape index (κ2) is 9.09. The number of methoxy groups -OCH3 is 2. The molecule has 1 amide bonds. The lowest BCUT2D eigenvalue weighted by Gasteiger charge is -2.39. The number of dihydropyridines is 1. The van der Waals surface area contributed by atoms with Gasteiger partial charge in [-0.15, -0.1) is 0 Å². The molecule has 2 aromatic carbocycles. The van der Waals surface area contributed by atoms with E-state index in [1.165, 1.54) is 11.3 Å². The fourth-order valence-corrected chi connectivity index (χ4v) is 6.06. The Morgan fingerprint density at radius 2 is 1.92 bits per heavy atom. The number of ketones is 1. The SMILES string of the molecule is COc1ccc(C2C(C(=O)Nc3nc4ccccc4s3)=C(C)NC3=C2C(=O)CC(C)(C)C3)c(OC)c1. The summed E-state index contributed by atoms with van der Waals surface area (Å²) < 4.78 is 12.1. The number of carbonyl (C=O) groups excluding carboxylic acids is 2. The summed E-state index contributed by atoms with van der Waals surface area (Å²) in [6.07, 6.45) is 1.13. The van der Waals surface area contributed by atoms with Gasteiger partial charge in [-0.2, -0.15) is 0 Å². The van der Waals surface area contributed by atoms with E-state index in [4.69, 9.17) is 9.47 Å². The molecule has 0 saturated carbocycles. The monoisotopic (exact) mass is 503 g/mol. The number of amides is 1. The second-order valence-electron chi connectivity index (χ2n) is 9.98. The van der Waals surface area contributed by atoms with Crippen LogP contribution >= 0.6 is 11.3 Å². The van der Waals surface area contributed by atoms with Crippen LogP contribution in [0.4, 0.5) is 5.13 Å². The predicted octanol–water partition coefficient (Wildman–Crippen LogP) is 5.56. The molecule has 0 spiro atoms. The summed E-state index contributed by atoms with van der Waals surface area (Å²) >= 11 is 1.42.